The average Bonchev–Trinajstić information content (AvgIpc) is 0. The third-order valence-corrected chi connectivity index (χ3v) is 0. The average molecular weight is 451 g/mol. The fourth-order valence-electron chi connectivity index (χ4n) is 0. The molecule has 0 atom stereocenters. The van der Waals surface area contributed by atoms with Gasteiger partial charge in [0.25, 0.3) is 0 Å². The minimum Gasteiger partial charge on any atom is 0 e. The first kappa shape index (κ1) is 24.4. The first-order valence-corrected chi connectivity index (χ1v) is 0. The molecular formula is H4CuPbSrY. The molecule has 4 radical (unpaired) electrons. The molecule has 0 aromatic rings. The van der Waals surface area contributed by atoms with Crippen molar-refractivity contribution in [3.05, 3.63) is 0 Å². The molecule has 0 aromatic carbocycles. The van der Waals surface area contributed by atoms with Crippen LogP contribution in [-0.4, -0.2) is 72.8 Å². The van der Waals surface area contributed by atoms with E-state index < -0.39 is 0 Å². The van der Waals surface area contributed by atoms with Crippen molar-refractivity contribution >= 4 is 72.8 Å². The van der Waals surface area contributed by atoms with Crippen molar-refractivity contribution in [2.24, 2.45) is 0 Å². The van der Waals surface area contributed by atoms with Crippen molar-refractivity contribution in [1.82, 2.24) is 0 Å². The molecule has 0 bridgehead atoms. The Morgan fingerprint density at radius 2 is 1.25 bits per heavy atom. The SMILES string of the molecule is [Cu].[H-].[H-].[PbH2].[Sr+2].[Y]. The van der Waals surface area contributed by atoms with Gasteiger partial charge >= 0.3 is 72.8 Å². The van der Waals surface area contributed by atoms with Crippen LogP contribution in [0.15, 0.2) is 0 Å². The van der Waals surface area contributed by atoms with Gasteiger partial charge in [-0.2, -0.15) is 0 Å². The number of hydrogen-bond acceptors (Lipinski definition) is 0. The summed E-state index contributed by atoms with van der Waals surface area (Å²) in [5, 5.41) is 0. The second kappa shape index (κ2) is 15.7. The molecule has 0 N–H and O–H groups in total. The van der Waals surface area contributed by atoms with Gasteiger partial charge in [-0.3, -0.25) is 0 Å². The molecule has 0 amide bonds. The predicted molar refractivity (Wildman–Crippen MR) is 16.5 cm³/mol. The fourth-order valence-corrected chi connectivity index (χ4v) is 0. The molecule has 0 aliphatic carbocycles. The summed E-state index contributed by atoms with van der Waals surface area (Å²) in [6.45, 7) is 0. The van der Waals surface area contributed by atoms with E-state index in [1.54, 1.807) is 0 Å². The molecule has 24 valence electrons. The Morgan fingerprint density at radius 3 is 1.25 bits per heavy atom. The molecule has 0 saturated heterocycles. The van der Waals surface area contributed by atoms with Gasteiger partial charge in [0.2, 0.25) is 0 Å². The van der Waals surface area contributed by atoms with Crippen LogP contribution in [0.5, 0.6) is 0 Å². The Balaban J connectivity index is 0. The van der Waals surface area contributed by atoms with E-state index in [0.29, 0.717) is 0 Å². The number of rotatable bonds is 0. The van der Waals surface area contributed by atoms with Crippen LogP contribution in [0.2, 0.25) is 0 Å². The van der Waals surface area contributed by atoms with Gasteiger partial charge in [0.05, 0.1) is 0 Å². The molecule has 0 nitrogen and oxygen atoms in total. The molecule has 0 aliphatic heterocycles. The Hall–Kier alpha value is 4.03. The zero-order valence-corrected chi connectivity index (χ0v) is 15.0. The van der Waals surface area contributed by atoms with Gasteiger partial charge in [-0.25, -0.2) is 0 Å². The van der Waals surface area contributed by atoms with Crippen molar-refractivity contribution in [3.8, 4) is 0 Å². The van der Waals surface area contributed by atoms with Gasteiger partial charge in [-0.15, -0.1) is 0 Å². The van der Waals surface area contributed by atoms with Crippen molar-refractivity contribution in [1.29, 1.82) is 0 Å². The van der Waals surface area contributed by atoms with E-state index >= 15 is 0 Å². The second-order valence-corrected chi connectivity index (χ2v) is 0. The molecule has 0 unspecified atom stereocenters. The van der Waals surface area contributed by atoms with Crippen molar-refractivity contribution in [2.75, 3.05) is 0 Å². The minimum absolute atomic E-state index is 0. The summed E-state index contributed by atoms with van der Waals surface area (Å²) in [5.74, 6) is 0. The van der Waals surface area contributed by atoms with Gasteiger partial charge < -0.3 is 2.85 Å². The molecule has 0 heterocycles. The topological polar surface area (TPSA) is 0 Å². The summed E-state index contributed by atoms with van der Waals surface area (Å²) < 4.78 is 0. The third kappa shape index (κ3) is 9.39. The van der Waals surface area contributed by atoms with Crippen LogP contribution < -0.4 is 0 Å². The molecule has 0 aliphatic rings. The Morgan fingerprint density at radius 1 is 1.25 bits per heavy atom. The fraction of sp³-hybridized carbons (Fsp3) is 0. The van der Waals surface area contributed by atoms with Crippen LogP contribution in [-0.2, 0) is 49.8 Å². The van der Waals surface area contributed by atoms with Crippen molar-refractivity contribution in [3.63, 3.8) is 0 Å². The quantitative estimate of drug-likeness (QED) is 0.412. The zero-order chi connectivity index (χ0) is 0. The van der Waals surface area contributed by atoms with E-state index in [4.69, 9.17) is 0 Å². The first-order chi connectivity index (χ1) is 0. The minimum atomic E-state index is 0. The van der Waals surface area contributed by atoms with E-state index in [2.05, 4.69) is 0 Å². The Kier molecular flexibility index (Phi) is 96.2. The van der Waals surface area contributed by atoms with E-state index in [1.807, 2.05) is 0 Å². The molecular weight excluding hydrogens is 447 g/mol. The van der Waals surface area contributed by atoms with Gasteiger partial charge in [-0.05, 0) is 0 Å². The number of hydrogen-bond donors (Lipinski definition) is 0. The smallest absolute Gasteiger partial charge is 0 e. The summed E-state index contributed by atoms with van der Waals surface area (Å²) in [7, 11) is 0. The van der Waals surface area contributed by atoms with Crippen LogP contribution in [0.4, 0.5) is 0 Å². The van der Waals surface area contributed by atoms with Crippen LogP contribution in [0.25, 0.3) is 0 Å². The first-order valence-electron chi connectivity index (χ1n) is 0. The standard InChI is InChI=1S/Cu.Pb.Sr.Y.4H/q;;+2;;;;2*-1. The van der Waals surface area contributed by atoms with Gasteiger partial charge in [0.1, 0.15) is 0 Å². The van der Waals surface area contributed by atoms with Crippen LogP contribution in [0.1, 0.15) is 2.85 Å². The Bertz CT molecular complexity index is 13.5. The normalized spacial score (nSPS) is 0. The molecule has 0 aromatic heterocycles. The second-order valence-electron chi connectivity index (χ2n) is 0. The molecule has 0 fully saturated rings. The summed E-state index contributed by atoms with van der Waals surface area (Å²) in [5.41, 5.74) is 0. The van der Waals surface area contributed by atoms with Crippen molar-refractivity contribution in [2.45, 2.75) is 0 Å². The maximum Gasteiger partial charge on any atom is 2.00 e. The maximum atomic E-state index is 0. The summed E-state index contributed by atoms with van der Waals surface area (Å²) in [4.78, 5) is 0. The van der Waals surface area contributed by atoms with E-state index in [1.165, 1.54) is 0 Å². The molecule has 4 heavy (non-hydrogen) atoms. The maximum absolute atomic E-state index is 0. The summed E-state index contributed by atoms with van der Waals surface area (Å²) in [6.07, 6.45) is 0. The van der Waals surface area contributed by atoms with E-state index in [9.17, 15) is 0 Å². The van der Waals surface area contributed by atoms with E-state index in [-0.39, 0.29) is 125 Å². The molecule has 4 heteroatoms. The Labute approximate surface area is 122 Å². The van der Waals surface area contributed by atoms with Crippen molar-refractivity contribution < 1.29 is 52.6 Å². The molecule has 0 rings (SSSR count). The summed E-state index contributed by atoms with van der Waals surface area (Å²) in [6, 6.07) is 0. The predicted octanol–water partition coefficient (Wildman–Crippen LogP) is -1.08. The third-order valence-electron chi connectivity index (χ3n) is 0. The van der Waals surface area contributed by atoms with Crippen LogP contribution in [0, 0.1) is 0 Å². The van der Waals surface area contributed by atoms with Crippen LogP contribution >= 0.6 is 0 Å². The van der Waals surface area contributed by atoms with Crippen LogP contribution in [0.3, 0.4) is 0 Å². The molecule has 0 saturated carbocycles. The van der Waals surface area contributed by atoms with Gasteiger partial charge in [0.15, 0.2) is 0 Å². The monoisotopic (exact) mass is 452 g/mol. The summed E-state index contributed by atoms with van der Waals surface area (Å²) >= 11 is 0. The largest absolute Gasteiger partial charge is 2.00 e. The van der Waals surface area contributed by atoms with E-state index in [0.717, 1.165) is 0 Å². The van der Waals surface area contributed by atoms with Gasteiger partial charge in [0, 0.05) is 49.8 Å². The zero-order valence-electron chi connectivity index (χ0n) is 4.29. The van der Waals surface area contributed by atoms with Gasteiger partial charge in [-0.1, -0.05) is 0 Å². The molecule has 0 spiro atoms.